The van der Waals surface area contributed by atoms with Crippen LogP contribution in [-0.2, 0) is 0 Å². The van der Waals surface area contributed by atoms with Gasteiger partial charge in [-0.3, -0.25) is 0 Å². The molecule has 1 heterocycles. The maximum atomic E-state index is 5.89. The van der Waals surface area contributed by atoms with Gasteiger partial charge in [-0.1, -0.05) is 31.0 Å². The van der Waals surface area contributed by atoms with Crippen molar-refractivity contribution in [2.45, 2.75) is 25.7 Å². The van der Waals surface area contributed by atoms with E-state index in [0.717, 1.165) is 24.4 Å². The molecule has 20 heavy (non-hydrogen) atoms. The molecule has 3 nitrogen and oxygen atoms in total. The summed E-state index contributed by atoms with van der Waals surface area (Å²) in [5, 5.41) is 4.69. The lowest BCUT2D eigenvalue weighted by atomic mass is 9.79. The number of benzene rings is 1. The van der Waals surface area contributed by atoms with Crippen LogP contribution in [0.1, 0.15) is 25.7 Å². The van der Waals surface area contributed by atoms with E-state index in [9.17, 15) is 0 Å². The third kappa shape index (κ3) is 2.93. The molecule has 106 valence electrons. The van der Waals surface area contributed by atoms with Crippen LogP contribution in [0.15, 0.2) is 36.4 Å². The molecule has 3 heteroatoms. The molecule has 1 aliphatic carbocycles. The lowest BCUT2D eigenvalue weighted by Gasteiger charge is -2.30. The number of pyridine rings is 1. The monoisotopic (exact) mass is 269 g/mol. The SMILES string of the molecule is NCC1CCCCC1CNc1ccc2ccccc2n1. The van der Waals surface area contributed by atoms with Gasteiger partial charge in [-0.2, -0.15) is 0 Å². The maximum Gasteiger partial charge on any atom is 0.126 e. The molecule has 0 amide bonds. The van der Waals surface area contributed by atoms with Crippen LogP contribution in [0, 0.1) is 11.8 Å². The number of nitrogens with one attached hydrogen (secondary N) is 1. The van der Waals surface area contributed by atoms with E-state index in [1.54, 1.807) is 0 Å². The number of hydrogen-bond acceptors (Lipinski definition) is 3. The molecule has 0 aliphatic heterocycles. The van der Waals surface area contributed by atoms with Gasteiger partial charge in [-0.05, 0) is 49.4 Å². The summed E-state index contributed by atoms with van der Waals surface area (Å²) in [4.78, 5) is 4.67. The number of rotatable bonds is 4. The van der Waals surface area contributed by atoms with Gasteiger partial charge in [0.25, 0.3) is 0 Å². The highest BCUT2D eigenvalue weighted by atomic mass is 15.0. The lowest BCUT2D eigenvalue weighted by molar-refractivity contribution is 0.255. The van der Waals surface area contributed by atoms with Crippen molar-refractivity contribution in [3.63, 3.8) is 0 Å². The van der Waals surface area contributed by atoms with E-state index in [-0.39, 0.29) is 0 Å². The molecular formula is C17H23N3. The maximum absolute atomic E-state index is 5.89. The standard InChI is InChI=1S/C17H23N3/c18-11-14-6-1-2-7-15(14)12-19-17-10-9-13-5-3-4-8-16(13)20-17/h3-5,8-10,14-15H,1-2,6-7,11-12,18H2,(H,19,20). The molecule has 2 atom stereocenters. The summed E-state index contributed by atoms with van der Waals surface area (Å²) in [6.07, 6.45) is 5.26. The quantitative estimate of drug-likeness (QED) is 0.894. The Morgan fingerprint density at radius 3 is 2.70 bits per heavy atom. The average Bonchev–Trinajstić information content (AvgIpc) is 2.53. The molecular weight excluding hydrogens is 246 g/mol. The Labute approximate surface area is 120 Å². The Bertz CT molecular complexity index is 567. The number of para-hydroxylation sites is 1. The largest absolute Gasteiger partial charge is 0.370 e. The highest BCUT2D eigenvalue weighted by Gasteiger charge is 2.23. The minimum absolute atomic E-state index is 0.678. The van der Waals surface area contributed by atoms with Crippen LogP contribution in [0.5, 0.6) is 0 Å². The van der Waals surface area contributed by atoms with Crippen molar-refractivity contribution in [3.8, 4) is 0 Å². The van der Waals surface area contributed by atoms with E-state index in [0.29, 0.717) is 11.8 Å². The van der Waals surface area contributed by atoms with Gasteiger partial charge in [-0.25, -0.2) is 4.98 Å². The summed E-state index contributed by atoms with van der Waals surface area (Å²) in [5.74, 6) is 2.35. The summed E-state index contributed by atoms with van der Waals surface area (Å²) in [6, 6.07) is 12.4. The molecule has 0 saturated heterocycles. The van der Waals surface area contributed by atoms with Crippen molar-refractivity contribution in [2.75, 3.05) is 18.4 Å². The molecule has 3 rings (SSSR count). The van der Waals surface area contributed by atoms with Crippen molar-refractivity contribution in [2.24, 2.45) is 17.6 Å². The second kappa shape index (κ2) is 6.23. The first-order valence-electron chi connectivity index (χ1n) is 7.66. The van der Waals surface area contributed by atoms with E-state index in [1.807, 2.05) is 12.1 Å². The van der Waals surface area contributed by atoms with Crippen LogP contribution in [-0.4, -0.2) is 18.1 Å². The summed E-state index contributed by atoms with van der Waals surface area (Å²) >= 11 is 0. The van der Waals surface area contributed by atoms with Gasteiger partial charge < -0.3 is 11.1 Å². The Morgan fingerprint density at radius 2 is 1.85 bits per heavy atom. The van der Waals surface area contributed by atoms with Gasteiger partial charge >= 0.3 is 0 Å². The van der Waals surface area contributed by atoms with E-state index in [1.165, 1.54) is 31.1 Å². The minimum atomic E-state index is 0.678. The van der Waals surface area contributed by atoms with Crippen molar-refractivity contribution < 1.29 is 0 Å². The summed E-state index contributed by atoms with van der Waals surface area (Å²) in [6.45, 7) is 1.81. The molecule has 0 bridgehead atoms. The van der Waals surface area contributed by atoms with Gasteiger partial charge in [0.15, 0.2) is 0 Å². The number of aromatic nitrogens is 1. The smallest absolute Gasteiger partial charge is 0.126 e. The molecule has 2 aromatic rings. The number of anilines is 1. The highest BCUT2D eigenvalue weighted by Crippen LogP contribution is 2.29. The van der Waals surface area contributed by atoms with Gasteiger partial charge in [0.05, 0.1) is 5.52 Å². The number of fused-ring (bicyclic) bond motifs is 1. The molecule has 1 aromatic carbocycles. The van der Waals surface area contributed by atoms with Crippen molar-refractivity contribution in [1.29, 1.82) is 0 Å². The van der Waals surface area contributed by atoms with Crippen molar-refractivity contribution in [1.82, 2.24) is 4.98 Å². The fourth-order valence-corrected chi connectivity index (χ4v) is 3.26. The third-order valence-corrected chi connectivity index (χ3v) is 4.51. The van der Waals surface area contributed by atoms with E-state index >= 15 is 0 Å². The van der Waals surface area contributed by atoms with Crippen LogP contribution in [0.3, 0.4) is 0 Å². The van der Waals surface area contributed by atoms with Gasteiger partial charge in [-0.15, -0.1) is 0 Å². The molecule has 3 N–H and O–H groups in total. The lowest BCUT2D eigenvalue weighted by Crippen LogP contribution is -2.31. The normalized spacial score (nSPS) is 22.9. The summed E-state index contributed by atoms with van der Waals surface area (Å²) in [5.41, 5.74) is 6.95. The van der Waals surface area contributed by atoms with E-state index in [2.05, 4.69) is 34.6 Å². The molecule has 2 unspecified atom stereocenters. The Hall–Kier alpha value is -1.61. The zero-order valence-electron chi connectivity index (χ0n) is 11.9. The molecule has 1 aromatic heterocycles. The molecule has 0 spiro atoms. The number of hydrogen-bond donors (Lipinski definition) is 2. The van der Waals surface area contributed by atoms with E-state index in [4.69, 9.17) is 5.73 Å². The van der Waals surface area contributed by atoms with Crippen molar-refractivity contribution >= 4 is 16.7 Å². The van der Waals surface area contributed by atoms with Crippen LogP contribution >= 0.6 is 0 Å². The topological polar surface area (TPSA) is 50.9 Å². The second-order valence-electron chi connectivity index (χ2n) is 5.81. The fourth-order valence-electron chi connectivity index (χ4n) is 3.26. The summed E-state index contributed by atoms with van der Waals surface area (Å²) < 4.78 is 0. The number of nitrogens with zero attached hydrogens (tertiary/aromatic N) is 1. The highest BCUT2D eigenvalue weighted by molar-refractivity contribution is 5.79. The first-order chi connectivity index (χ1) is 9.86. The first-order valence-corrected chi connectivity index (χ1v) is 7.66. The van der Waals surface area contributed by atoms with Crippen LogP contribution in [0.2, 0.25) is 0 Å². The van der Waals surface area contributed by atoms with Crippen LogP contribution < -0.4 is 11.1 Å². The molecule has 1 aliphatic rings. The van der Waals surface area contributed by atoms with Crippen LogP contribution in [0.4, 0.5) is 5.82 Å². The fraction of sp³-hybridized carbons (Fsp3) is 0.471. The predicted molar refractivity (Wildman–Crippen MR) is 84.7 cm³/mol. The zero-order valence-corrected chi connectivity index (χ0v) is 11.9. The average molecular weight is 269 g/mol. The van der Waals surface area contributed by atoms with Gasteiger partial charge in [0, 0.05) is 11.9 Å². The minimum Gasteiger partial charge on any atom is -0.370 e. The first kappa shape index (κ1) is 13.4. The second-order valence-corrected chi connectivity index (χ2v) is 5.81. The zero-order chi connectivity index (χ0) is 13.8. The Morgan fingerprint density at radius 1 is 1.05 bits per heavy atom. The van der Waals surface area contributed by atoms with Gasteiger partial charge in [0.2, 0.25) is 0 Å². The Balaban J connectivity index is 1.67. The molecule has 1 fully saturated rings. The third-order valence-electron chi connectivity index (χ3n) is 4.51. The van der Waals surface area contributed by atoms with Gasteiger partial charge in [0.1, 0.15) is 5.82 Å². The molecule has 0 radical (unpaired) electrons. The Kier molecular flexibility index (Phi) is 4.16. The number of nitrogens with two attached hydrogens (primary N) is 1. The van der Waals surface area contributed by atoms with Crippen molar-refractivity contribution in [3.05, 3.63) is 36.4 Å². The predicted octanol–water partition coefficient (Wildman–Crippen LogP) is 3.41. The van der Waals surface area contributed by atoms with E-state index < -0.39 is 0 Å². The summed E-state index contributed by atoms with van der Waals surface area (Å²) in [7, 11) is 0. The molecule has 1 saturated carbocycles. The van der Waals surface area contributed by atoms with Crippen LogP contribution in [0.25, 0.3) is 10.9 Å².